The quantitative estimate of drug-likeness (QED) is 0.755. The highest BCUT2D eigenvalue weighted by Crippen LogP contribution is 2.30. The summed E-state index contributed by atoms with van der Waals surface area (Å²) >= 11 is 7.65. The average molecular weight is 225 g/mol. The molecule has 0 bridgehead atoms. The molecule has 0 radical (unpaired) electrons. The maximum Gasteiger partial charge on any atom is 0.0901 e. The Morgan fingerprint density at radius 3 is 2.86 bits per heavy atom. The van der Waals surface area contributed by atoms with Gasteiger partial charge in [0.05, 0.1) is 15.7 Å². The van der Waals surface area contributed by atoms with Crippen molar-refractivity contribution in [1.82, 2.24) is 4.98 Å². The van der Waals surface area contributed by atoms with Gasteiger partial charge in [-0.3, -0.25) is 0 Å². The van der Waals surface area contributed by atoms with Crippen molar-refractivity contribution in [3.05, 3.63) is 33.6 Å². The predicted octanol–water partition coefficient (Wildman–Crippen LogP) is 3.35. The Balaban J connectivity index is 2.55. The van der Waals surface area contributed by atoms with E-state index in [0.717, 1.165) is 16.3 Å². The third kappa shape index (κ3) is 1.74. The molecule has 0 aliphatic heterocycles. The third-order valence-corrected chi connectivity index (χ3v) is 2.99. The molecule has 0 saturated carbocycles. The number of aromatic nitrogens is 1. The summed E-state index contributed by atoms with van der Waals surface area (Å²) in [6, 6.07) is 5.42. The van der Waals surface area contributed by atoms with Crippen molar-refractivity contribution in [2.75, 3.05) is 5.73 Å². The van der Waals surface area contributed by atoms with Gasteiger partial charge in [0.15, 0.2) is 0 Å². The van der Waals surface area contributed by atoms with Gasteiger partial charge in [-0.25, -0.2) is 4.98 Å². The Morgan fingerprint density at radius 2 is 2.21 bits per heavy atom. The standard InChI is InChI=1S/C10H9ClN2S/c1-6-13-10(5-14-6)8-4-7(12)2-3-9(8)11/h2-5H,12H2,1H3. The highest BCUT2D eigenvalue weighted by atomic mass is 35.5. The van der Waals surface area contributed by atoms with Crippen molar-refractivity contribution in [3.63, 3.8) is 0 Å². The first-order valence-electron chi connectivity index (χ1n) is 4.14. The van der Waals surface area contributed by atoms with Crippen LogP contribution in [0.4, 0.5) is 5.69 Å². The van der Waals surface area contributed by atoms with Crippen molar-refractivity contribution in [2.24, 2.45) is 0 Å². The molecule has 2 nitrogen and oxygen atoms in total. The van der Waals surface area contributed by atoms with E-state index in [1.54, 1.807) is 23.5 Å². The Labute approximate surface area is 91.4 Å². The van der Waals surface area contributed by atoms with E-state index in [0.29, 0.717) is 10.7 Å². The van der Waals surface area contributed by atoms with Crippen molar-refractivity contribution >= 4 is 28.6 Å². The maximum atomic E-state index is 6.05. The van der Waals surface area contributed by atoms with E-state index in [1.165, 1.54) is 0 Å². The lowest BCUT2D eigenvalue weighted by atomic mass is 10.1. The number of thiazole rings is 1. The maximum absolute atomic E-state index is 6.05. The molecule has 14 heavy (non-hydrogen) atoms. The highest BCUT2D eigenvalue weighted by Gasteiger charge is 2.06. The summed E-state index contributed by atoms with van der Waals surface area (Å²) in [6.45, 7) is 1.97. The van der Waals surface area contributed by atoms with E-state index < -0.39 is 0 Å². The molecule has 2 N–H and O–H groups in total. The number of nitrogens with zero attached hydrogens (tertiary/aromatic N) is 1. The molecule has 0 saturated heterocycles. The summed E-state index contributed by atoms with van der Waals surface area (Å²) in [5.74, 6) is 0. The molecule has 2 aromatic rings. The second-order valence-electron chi connectivity index (χ2n) is 2.99. The van der Waals surface area contributed by atoms with Crippen LogP contribution in [-0.4, -0.2) is 4.98 Å². The van der Waals surface area contributed by atoms with Gasteiger partial charge in [-0.05, 0) is 25.1 Å². The van der Waals surface area contributed by atoms with Gasteiger partial charge in [-0.15, -0.1) is 11.3 Å². The largest absolute Gasteiger partial charge is 0.399 e. The molecule has 0 aliphatic rings. The van der Waals surface area contributed by atoms with Crippen molar-refractivity contribution in [1.29, 1.82) is 0 Å². The normalized spacial score (nSPS) is 10.4. The molecule has 1 aromatic heterocycles. The number of anilines is 1. The van der Waals surface area contributed by atoms with E-state index in [1.807, 2.05) is 18.4 Å². The number of halogens is 1. The third-order valence-electron chi connectivity index (χ3n) is 1.89. The summed E-state index contributed by atoms with van der Waals surface area (Å²) < 4.78 is 0. The van der Waals surface area contributed by atoms with Crippen LogP contribution in [0.5, 0.6) is 0 Å². The van der Waals surface area contributed by atoms with Gasteiger partial charge in [-0.2, -0.15) is 0 Å². The van der Waals surface area contributed by atoms with E-state index in [2.05, 4.69) is 4.98 Å². The fraction of sp³-hybridized carbons (Fsp3) is 0.100. The average Bonchev–Trinajstić information content (AvgIpc) is 2.56. The Hall–Kier alpha value is -1.06. The van der Waals surface area contributed by atoms with Gasteiger partial charge >= 0.3 is 0 Å². The fourth-order valence-electron chi connectivity index (χ4n) is 1.23. The summed E-state index contributed by atoms with van der Waals surface area (Å²) in [7, 11) is 0. The Morgan fingerprint density at radius 1 is 1.43 bits per heavy atom. The summed E-state index contributed by atoms with van der Waals surface area (Å²) in [5, 5.41) is 3.69. The van der Waals surface area contributed by atoms with Gasteiger partial charge in [0.1, 0.15) is 0 Å². The van der Waals surface area contributed by atoms with E-state index in [4.69, 9.17) is 17.3 Å². The molecule has 0 aliphatic carbocycles. The molecule has 1 aromatic carbocycles. The molecule has 72 valence electrons. The first-order chi connectivity index (χ1) is 6.66. The topological polar surface area (TPSA) is 38.9 Å². The van der Waals surface area contributed by atoms with Crippen LogP contribution in [0.15, 0.2) is 23.6 Å². The van der Waals surface area contributed by atoms with Gasteiger partial charge in [0.25, 0.3) is 0 Å². The number of benzene rings is 1. The zero-order valence-electron chi connectivity index (χ0n) is 7.62. The molecule has 2 rings (SSSR count). The Kier molecular flexibility index (Phi) is 2.44. The SMILES string of the molecule is Cc1nc(-c2cc(N)ccc2Cl)cs1. The van der Waals surface area contributed by atoms with Crippen LogP contribution in [0.25, 0.3) is 11.3 Å². The van der Waals surface area contributed by atoms with E-state index in [9.17, 15) is 0 Å². The second-order valence-corrected chi connectivity index (χ2v) is 4.46. The zero-order chi connectivity index (χ0) is 10.1. The van der Waals surface area contributed by atoms with Crippen molar-refractivity contribution < 1.29 is 0 Å². The van der Waals surface area contributed by atoms with Crippen LogP contribution in [0.2, 0.25) is 5.02 Å². The fourth-order valence-corrected chi connectivity index (χ4v) is 2.05. The van der Waals surface area contributed by atoms with Crippen LogP contribution in [-0.2, 0) is 0 Å². The van der Waals surface area contributed by atoms with Crippen LogP contribution in [0, 0.1) is 6.92 Å². The second kappa shape index (κ2) is 3.59. The molecule has 0 amide bonds. The first-order valence-corrected chi connectivity index (χ1v) is 5.40. The monoisotopic (exact) mass is 224 g/mol. The van der Waals surface area contributed by atoms with Gasteiger partial charge in [0.2, 0.25) is 0 Å². The summed E-state index contributed by atoms with van der Waals surface area (Å²) in [4.78, 5) is 4.36. The molecular weight excluding hydrogens is 216 g/mol. The molecule has 0 unspecified atom stereocenters. The van der Waals surface area contributed by atoms with Gasteiger partial charge in [0, 0.05) is 16.6 Å². The summed E-state index contributed by atoms with van der Waals surface area (Å²) in [6.07, 6.45) is 0. The lowest BCUT2D eigenvalue weighted by molar-refractivity contribution is 1.30. The molecule has 0 fully saturated rings. The molecule has 4 heteroatoms. The molecule has 0 spiro atoms. The number of nitrogen functional groups attached to an aromatic ring is 1. The van der Waals surface area contributed by atoms with E-state index >= 15 is 0 Å². The number of nitrogens with two attached hydrogens (primary N) is 1. The number of aryl methyl sites for hydroxylation is 1. The number of hydrogen-bond donors (Lipinski definition) is 1. The molecular formula is C10H9ClN2S. The lowest BCUT2D eigenvalue weighted by Crippen LogP contribution is -1.86. The van der Waals surface area contributed by atoms with Gasteiger partial charge < -0.3 is 5.73 Å². The molecule has 0 atom stereocenters. The minimum Gasteiger partial charge on any atom is -0.399 e. The summed E-state index contributed by atoms with van der Waals surface area (Å²) in [5.41, 5.74) is 8.18. The van der Waals surface area contributed by atoms with Crippen molar-refractivity contribution in [2.45, 2.75) is 6.92 Å². The molecule has 1 heterocycles. The Bertz CT molecular complexity index is 465. The number of rotatable bonds is 1. The highest BCUT2D eigenvalue weighted by molar-refractivity contribution is 7.09. The minimum absolute atomic E-state index is 0.685. The van der Waals surface area contributed by atoms with Crippen LogP contribution in [0.3, 0.4) is 0 Å². The van der Waals surface area contributed by atoms with Crippen LogP contribution in [0.1, 0.15) is 5.01 Å². The first kappa shape index (κ1) is 9.49. The lowest BCUT2D eigenvalue weighted by Gasteiger charge is -2.01. The number of hydrogen-bond acceptors (Lipinski definition) is 3. The van der Waals surface area contributed by atoms with Gasteiger partial charge in [-0.1, -0.05) is 11.6 Å². The minimum atomic E-state index is 0.685. The zero-order valence-corrected chi connectivity index (χ0v) is 9.19. The van der Waals surface area contributed by atoms with Crippen molar-refractivity contribution in [3.8, 4) is 11.3 Å². The van der Waals surface area contributed by atoms with Crippen LogP contribution >= 0.6 is 22.9 Å². The smallest absolute Gasteiger partial charge is 0.0901 e. The van der Waals surface area contributed by atoms with E-state index in [-0.39, 0.29) is 0 Å². The van der Waals surface area contributed by atoms with Crippen LogP contribution < -0.4 is 5.73 Å². The predicted molar refractivity (Wildman–Crippen MR) is 61.7 cm³/mol.